The van der Waals surface area contributed by atoms with Crippen LogP contribution in [0.5, 0.6) is 17.5 Å². The summed E-state index contributed by atoms with van der Waals surface area (Å²) in [6, 6.07) is 3.34. The first-order valence-electron chi connectivity index (χ1n) is 7.98. The maximum absolute atomic E-state index is 13.5. The Morgan fingerprint density at radius 1 is 1.20 bits per heavy atom. The molecule has 3 N–H and O–H groups in total. The second-order valence-corrected chi connectivity index (χ2v) is 5.46. The van der Waals surface area contributed by atoms with Crippen LogP contribution in [0.4, 0.5) is 13.2 Å². The number of carbonyl (C=O) groups excluding carboxylic acids is 1. The largest absolute Gasteiger partial charge is 0.506 e. The fourth-order valence-electron chi connectivity index (χ4n) is 2.15. The first-order chi connectivity index (χ1) is 14.3. The van der Waals surface area contributed by atoms with Crippen LogP contribution in [-0.2, 0) is 0 Å². The molecule has 0 saturated heterocycles. The monoisotopic (exact) mass is 420 g/mol. The first kappa shape index (κ1) is 20.4. The fraction of sp³-hybridized carbons (Fsp3) is 0.0588. The summed E-state index contributed by atoms with van der Waals surface area (Å²) < 4.78 is 42.0. The topological polar surface area (TPSA) is 143 Å². The Bertz CT molecular complexity index is 1110. The van der Waals surface area contributed by atoms with Crippen molar-refractivity contribution in [1.82, 2.24) is 25.4 Å². The number of carbonyl (C=O) groups is 1. The molecule has 0 unspecified atom stereocenters. The molecule has 0 aromatic carbocycles. The first-order valence-corrected chi connectivity index (χ1v) is 7.98. The van der Waals surface area contributed by atoms with E-state index in [1.54, 1.807) is 0 Å². The smallest absolute Gasteiger partial charge is 0.388 e. The average molecular weight is 420 g/mol. The average Bonchev–Trinajstić information content (AvgIpc) is 2.70. The summed E-state index contributed by atoms with van der Waals surface area (Å²) in [5.41, 5.74) is 1.73. The van der Waals surface area contributed by atoms with E-state index in [2.05, 4.69) is 35.2 Å². The molecule has 0 spiro atoms. The fourth-order valence-corrected chi connectivity index (χ4v) is 2.15. The van der Waals surface area contributed by atoms with Crippen molar-refractivity contribution in [3.8, 4) is 28.8 Å². The molecule has 3 heterocycles. The lowest BCUT2D eigenvalue weighted by Crippen LogP contribution is -2.19. The van der Waals surface area contributed by atoms with Crippen molar-refractivity contribution >= 4 is 12.1 Å². The predicted octanol–water partition coefficient (Wildman–Crippen LogP) is 1.85. The summed E-state index contributed by atoms with van der Waals surface area (Å²) >= 11 is 0. The summed E-state index contributed by atoms with van der Waals surface area (Å²) in [6.45, 7) is -3.11. The Kier molecular flexibility index (Phi) is 6.00. The standard InChI is InChI=1S/C17H11F3N6O4/c18-14-8(3-9(27)5-22-14)4-23-26-16(29)12-7-21-6-11(24-12)10-1-2-13(25-15(10)28)30-17(19)20/h1-7,17,27H,(H,25,28)(H,26,29)/b23-4+. The SMILES string of the molecule is O=C(N/N=C/c1cc(O)cnc1F)c1cncc(-c2ccc(OC(F)F)nc2O)n1. The number of aromatic hydroxyl groups is 2. The van der Waals surface area contributed by atoms with Gasteiger partial charge in [0, 0.05) is 6.07 Å². The van der Waals surface area contributed by atoms with Gasteiger partial charge in [-0.15, -0.1) is 0 Å². The summed E-state index contributed by atoms with van der Waals surface area (Å²) in [4.78, 5) is 26.7. The maximum Gasteiger partial charge on any atom is 0.388 e. The van der Waals surface area contributed by atoms with Gasteiger partial charge >= 0.3 is 6.61 Å². The van der Waals surface area contributed by atoms with Crippen molar-refractivity contribution in [2.75, 3.05) is 0 Å². The Morgan fingerprint density at radius 2 is 2.00 bits per heavy atom. The lowest BCUT2D eigenvalue weighted by molar-refractivity contribution is -0.0530. The number of alkyl halides is 2. The summed E-state index contributed by atoms with van der Waals surface area (Å²) in [5, 5.41) is 22.7. The van der Waals surface area contributed by atoms with E-state index in [0.29, 0.717) is 0 Å². The zero-order chi connectivity index (χ0) is 21.7. The van der Waals surface area contributed by atoms with E-state index < -0.39 is 30.2 Å². The number of aromatic nitrogens is 4. The Labute approximate surface area is 165 Å². The molecule has 0 aliphatic carbocycles. The van der Waals surface area contributed by atoms with Gasteiger partial charge in [0.05, 0.1) is 41.6 Å². The van der Waals surface area contributed by atoms with Crippen molar-refractivity contribution in [1.29, 1.82) is 0 Å². The van der Waals surface area contributed by atoms with E-state index in [-0.39, 0.29) is 28.3 Å². The van der Waals surface area contributed by atoms with Crippen molar-refractivity contribution in [2.45, 2.75) is 6.61 Å². The van der Waals surface area contributed by atoms with Crippen molar-refractivity contribution < 1.29 is 32.9 Å². The minimum Gasteiger partial charge on any atom is -0.506 e. The third-order valence-electron chi connectivity index (χ3n) is 3.42. The van der Waals surface area contributed by atoms with Gasteiger partial charge in [0.15, 0.2) is 0 Å². The highest BCUT2D eigenvalue weighted by Gasteiger charge is 2.15. The molecule has 0 saturated carbocycles. The van der Waals surface area contributed by atoms with E-state index in [4.69, 9.17) is 0 Å². The highest BCUT2D eigenvalue weighted by Crippen LogP contribution is 2.28. The van der Waals surface area contributed by atoms with Crippen LogP contribution in [0.3, 0.4) is 0 Å². The van der Waals surface area contributed by atoms with Gasteiger partial charge in [0.1, 0.15) is 11.4 Å². The normalized spacial score (nSPS) is 11.1. The van der Waals surface area contributed by atoms with Gasteiger partial charge in [-0.1, -0.05) is 0 Å². The number of ether oxygens (including phenoxy) is 1. The van der Waals surface area contributed by atoms with E-state index in [9.17, 15) is 28.2 Å². The number of nitrogens with one attached hydrogen (secondary N) is 1. The van der Waals surface area contributed by atoms with E-state index in [1.807, 2.05) is 0 Å². The second-order valence-electron chi connectivity index (χ2n) is 5.46. The molecule has 0 atom stereocenters. The molecule has 0 aliphatic rings. The van der Waals surface area contributed by atoms with E-state index in [1.165, 1.54) is 12.3 Å². The molecule has 0 radical (unpaired) electrons. The molecule has 0 fully saturated rings. The van der Waals surface area contributed by atoms with Gasteiger partial charge in [-0.3, -0.25) is 9.78 Å². The highest BCUT2D eigenvalue weighted by molar-refractivity contribution is 5.93. The molecule has 0 bridgehead atoms. The number of hydrazone groups is 1. The maximum atomic E-state index is 13.5. The van der Waals surface area contributed by atoms with Crippen LogP contribution in [-0.4, -0.2) is 48.9 Å². The van der Waals surface area contributed by atoms with Gasteiger partial charge in [-0.2, -0.15) is 23.3 Å². The molecule has 3 aromatic heterocycles. The summed E-state index contributed by atoms with van der Waals surface area (Å²) in [6.07, 6.45) is 4.14. The van der Waals surface area contributed by atoms with Crippen LogP contribution in [0.15, 0.2) is 41.9 Å². The van der Waals surface area contributed by atoms with Gasteiger partial charge in [-0.05, 0) is 12.1 Å². The molecule has 3 aromatic rings. The number of halogens is 3. The Morgan fingerprint density at radius 3 is 2.73 bits per heavy atom. The highest BCUT2D eigenvalue weighted by atomic mass is 19.3. The summed E-state index contributed by atoms with van der Waals surface area (Å²) in [7, 11) is 0. The van der Waals surface area contributed by atoms with Crippen LogP contribution in [0.1, 0.15) is 16.1 Å². The van der Waals surface area contributed by atoms with E-state index >= 15 is 0 Å². The summed E-state index contributed by atoms with van der Waals surface area (Å²) in [5.74, 6) is -3.18. The molecule has 10 nitrogen and oxygen atoms in total. The van der Waals surface area contributed by atoms with Crippen LogP contribution >= 0.6 is 0 Å². The third kappa shape index (κ3) is 4.95. The van der Waals surface area contributed by atoms with Gasteiger partial charge in [0.25, 0.3) is 5.91 Å². The number of nitrogens with zero attached hydrogens (tertiary/aromatic N) is 5. The quantitative estimate of drug-likeness (QED) is 0.312. The Balaban J connectivity index is 1.75. The van der Waals surface area contributed by atoms with Crippen LogP contribution < -0.4 is 10.2 Å². The molecule has 1 amide bonds. The molecule has 3 rings (SSSR count). The lowest BCUT2D eigenvalue weighted by atomic mass is 10.2. The Hall–Kier alpha value is -4.29. The van der Waals surface area contributed by atoms with Gasteiger partial charge < -0.3 is 14.9 Å². The molecular weight excluding hydrogens is 409 g/mol. The van der Waals surface area contributed by atoms with Crippen LogP contribution in [0, 0.1) is 5.95 Å². The minimum absolute atomic E-state index is 0.00942. The van der Waals surface area contributed by atoms with Crippen LogP contribution in [0.25, 0.3) is 11.3 Å². The number of pyridine rings is 2. The lowest BCUT2D eigenvalue weighted by Gasteiger charge is -2.07. The number of hydrogen-bond acceptors (Lipinski definition) is 9. The molecule has 13 heteroatoms. The number of rotatable bonds is 6. The van der Waals surface area contributed by atoms with Gasteiger partial charge in [-0.25, -0.2) is 15.4 Å². The zero-order valence-corrected chi connectivity index (χ0v) is 14.7. The van der Waals surface area contributed by atoms with Crippen molar-refractivity contribution in [3.63, 3.8) is 0 Å². The molecule has 0 aliphatic heterocycles. The van der Waals surface area contributed by atoms with Crippen molar-refractivity contribution in [2.24, 2.45) is 5.10 Å². The number of hydrogen-bond donors (Lipinski definition) is 3. The minimum atomic E-state index is -3.11. The molecule has 154 valence electrons. The van der Waals surface area contributed by atoms with Gasteiger partial charge in [0.2, 0.25) is 17.7 Å². The zero-order valence-electron chi connectivity index (χ0n) is 14.7. The predicted molar refractivity (Wildman–Crippen MR) is 94.5 cm³/mol. The van der Waals surface area contributed by atoms with E-state index in [0.717, 1.165) is 30.7 Å². The third-order valence-corrected chi connectivity index (χ3v) is 3.42. The molecule has 30 heavy (non-hydrogen) atoms. The van der Waals surface area contributed by atoms with Crippen molar-refractivity contribution in [3.05, 3.63) is 54.0 Å². The molecular formula is C17H11F3N6O4. The van der Waals surface area contributed by atoms with Crippen LogP contribution in [0.2, 0.25) is 0 Å². The second kappa shape index (κ2) is 8.81. The number of amides is 1.